The standard InChI is InChI=1S/C21H27FN10O10P2S2/c22-9-1-12(31-8-28-15-18(31)29-20(24)30-19(15)34)40-10(9)3-38-44(37,46)42-11-2-13(41-21(11,4-33)5-39-43(35,36)45)32-7-27-14-16(23)25-6-26-17(14)32/h6-13,33H,1-5H2,(H,37,46)(H2,23,25,26)(H2,35,36,45)(H3,24,29,30,34)/t9-,10-,11+,12-,13-,21-,44?/m1/s1. The fraction of sp³-hybridized carbons (Fsp3) is 0.524. The van der Waals surface area contributed by atoms with Crippen molar-refractivity contribution in [1.29, 1.82) is 0 Å². The van der Waals surface area contributed by atoms with E-state index in [1.165, 1.54) is 28.1 Å². The third-order valence-electron chi connectivity index (χ3n) is 7.40. The fourth-order valence-corrected chi connectivity index (χ4v) is 7.25. The van der Waals surface area contributed by atoms with Crippen LogP contribution in [0, 0.1) is 0 Å². The van der Waals surface area contributed by atoms with Gasteiger partial charge in [0, 0.05) is 12.8 Å². The van der Waals surface area contributed by atoms with E-state index in [4.69, 9.17) is 46.3 Å². The molecule has 25 heteroatoms. The van der Waals surface area contributed by atoms with Gasteiger partial charge in [-0.05, 0) is 23.6 Å². The van der Waals surface area contributed by atoms with Gasteiger partial charge < -0.3 is 54.3 Å². The maximum atomic E-state index is 15.1. The number of fused-ring (bicyclic) bond motifs is 2. The lowest BCUT2D eigenvalue weighted by molar-refractivity contribution is -0.143. The van der Waals surface area contributed by atoms with Crippen molar-refractivity contribution in [3.63, 3.8) is 0 Å². The number of aliphatic hydroxyl groups excluding tert-OH is 1. The van der Waals surface area contributed by atoms with Crippen molar-refractivity contribution in [3.05, 3.63) is 29.3 Å². The minimum atomic E-state index is -4.24. The SMILES string of the molecule is Nc1nc2c(ncn2[C@H]2C[C@@H](F)[C@@H](COP(O)(=S)O[C@H]3C[C@H](n4cnc5c(N)ncnc54)O[C@]3(CO)COP(O)(O)=S)O2)c(=O)[nH]1. The maximum absolute atomic E-state index is 15.1. The molecular weight excluding hydrogens is 697 g/mol. The number of rotatable bonds is 11. The topological polar surface area (TPSA) is 286 Å². The van der Waals surface area contributed by atoms with Gasteiger partial charge in [0.05, 0.1) is 32.5 Å². The first-order chi connectivity index (χ1) is 21.7. The average Bonchev–Trinajstić information content (AvgIpc) is 3.75. The van der Waals surface area contributed by atoms with E-state index in [-0.39, 0.29) is 46.9 Å². The molecule has 2 aliphatic rings. The van der Waals surface area contributed by atoms with Crippen LogP contribution in [0.3, 0.4) is 0 Å². The number of hydrogen-bond donors (Lipinski definition) is 7. The first-order valence-corrected chi connectivity index (χ1v) is 18.5. The number of anilines is 2. The van der Waals surface area contributed by atoms with Gasteiger partial charge in [0.25, 0.3) is 5.56 Å². The molecule has 6 rings (SSSR count). The first kappa shape index (κ1) is 33.3. The number of aliphatic hydroxyl groups is 1. The Bertz CT molecular complexity index is 1930. The molecule has 46 heavy (non-hydrogen) atoms. The highest BCUT2D eigenvalue weighted by Crippen LogP contribution is 2.53. The van der Waals surface area contributed by atoms with Gasteiger partial charge in [-0.25, -0.2) is 24.3 Å². The van der Waals surface area contributed by atoms with E-state index in [2.05, 4.69) is 41.7 Å². The molecular formula is C21H27FN10O10P2S2. The average molecular weight is 725 g/mol. The van der Waals surface area contributed by atoms with Crippen LogP contribution in [0.1, 0.15) is 25.3 Å². The van der Waals surface area contributed by atoms with Gasteiger partial charge in [-0.15, -0.1) is 0 Å². The summed E-state index contributed by atoms with van der Waals surface area (Å²) in [6.07, 6.45) is -2.47. The second-order valence-corrected chi connectivity index (χ2v) is 15.8. The van der Waals surface area contributed by atoms with Crippen molar-refractivity contribution in [2.24, 2.45) is 0 Å². The number of hydrogen-bond acceptors (Lipinski definition) is 16. The summed E-state index contributed by atoms with van der Waals surface area (Å²) in [6, 6.07) is 0. The van der Waals surface area contributed by atoms with Gasteiger partial charge in [0.1, 0.15) is 48.3 Å². The molecule has 4 aromatic heterocycles. The van der Waals surface area contributed by atoms with E-state index in [9.17, 15) is 24.6 Å². The zero-order valence-corrected chi connectivity index (χ0v) is 26.7. The lowest BCUT2D eigenvalue weighted by Gasteiger charge is -2.34. The molecule has 0 amide bonds. The summed E-state index contributed by atoms with van der Waals surface area (Å²) in [5.41, 5.74) is 9.71. The van der Waals surface area contributed by atoms with Crippen LogP contribution in [-0.2, 0) is 46.7 Å². The van der Waals surface area contributed by atoms with Crippen LogP contribution < -0.4 is 17.0 Å². The number of nitrogens with two attached hydrogens (primary N) is 2. The molecule has 20 nitrogen and oxygen atoms in total. The Morgan fingerprint density at radius 3 is 2.50 bits per heavy atom. The maximum Gasteiger partial charge on any atom is 0.324 e. The van der Waals surface area contributed by atoms with Crippen molar-refractivity contribution >= 4 is 71.1 Å². The number of imidazole rings is 2. The quantitative estimate of drug-likeness (QED) is 0.0936. The molecule has 1 unspecified atom stereocenters. The van der Waals surface area contributed by atoms with E-state index < -0.39 is 75.3 Å². The molecule has 7 atom stereocenters. The highest BCUT2D eigenvalue weighted by Gasteiger charge is 2.53. The lowest BCUT2D eigenvalue weighted by atomic mass is 9.99. The van der Waals surface area contributed by atoms with Crippen molar-refractivity contribution in [3.8, 4) is 0 Å². The Hall–Kier alpha value is -2.63. The second kappa shape index (κ2) is 12.4. The number of nitrogens with zero attached hydrogens (tertiary/aromatic N) is 7. The Labute approximate surface area is 267 Å². The van der Waals surface area contributed by atoms with Gasteiger partial charge in [-0.2, -0.15) is 4.98 Å². The molecule has 2 fully saturated rings. The minimum Gasteiger partial charge on any atom is -0.393 e. The van der Waals surface area contributed by atoms with Crippen LogP contribution in [0.15, 0.2) is 23.8 Å². The smallest absolute Gasteiger partial charge is 0.324 e. The number of ether oxygens (including phenoxy) is 2. The predicted molar refractivity (Wildman–Crippen MR) is 162 cm³/mol. The largest absolute Gasteiger partial charge is 0.393 e. The second-order valence-electron chi connectivity index (χ2n) is 10.4. The highest BCUT2D eigenvalue weighted by atomic mass is 32.5. The summed E-state index contributed by atoms with van der Waals surface area (Å²) in [6.45, 7) is -10.5. The molecule has 4 aromatic rings. The molecule has 2 saturated heterocycles. The van der Waals surface area contributed by atoms with Gasteiger partial charge in [-0.3, -0.25) is 18.9 Å². The Morgan fingerprint density at radius 2 is 1.78 bits per heavy atom. The fourth-order valence-electron chi connectivity index (χ4n) is 5.21. The molecule has 0 radical (unpaired) electrons. The van der Waals surface area contributed by atoms with Gasteiger partial charge in [0.2, 0.25) is 5.95 Å². The Balaban J connectivity index is 1.18. The zero-order valence-electron chi connectivity index (χ0n) is 23.3. The van der Waals surface area contributed by atoms with Gasteiger partial charge in [-0.1, -0.05) is 0 Å². The number of nitrogens with one attached hydrogen (secondary N) is 1. The lowest BCUT2D eigenvalue weighted by Crippen LogP contribution is -2.48. The molecule has 0 aromatic carbocycles. The normalized spacial score (nSPS) is 28.3. The zero-order chi connectivity index (χ0) is 33.0. The van der Waals surface area contributed by atoms with Crippen LogP contribution >= 0.6 is 13.4 Å². The summed E-state index contributed by atoms with van der Waals surface area (Å²) >= 11 is 9.77. The highest BCUT2D eigenvalue weighted by molar-refractivity contribution is 8.07. The van der Waals surface area contributed by atoms with E-state index in [1.807, 2.05) is 0 Å². The van der Waals surface area contributed by atoms with Crippen molar-refractivity contribution in [1.82, 2.24) is 39.0 Å². The molecule has 0 saturated carbocycles. The van der Waals surface area contributed by atoms with Crippen molar-refractivity contribution in [2.75, 3.05) is 31.3 Å². The molecule has 6 heterocycles. The van der Waals surface area contributed by atoms with Gasteiger partial charge in [0.15, 0.2) is 22.6 Å². The van der Waals surface area contributed by atoms with Crippen molar-refractivity contribution < 1.29 is 47.2 Å². The van der Waals surface area contributed by atoms with Crippen LogP contribution in [0.2, 0.25) is 0 Å². The van der Waals surface area contributed by atoms with Crippen LogP contribution in [0.25, 0.3) is 22.3 Å². The van der Waals surface area contributed by atoms with Gasteiger partial charge >= 0.3 is 13.4 Å². The Kier molecular flexibility index (Phi) is 8.99. The van der Waals surface area contributed by atoms with E-state index >= 15 is 4.39 Å². The number of halogens is 1. The molecule has 9 N–H and O–H groups in total. The molecule has 250 valence electrons. The predicted octanol–water partition coefficient (Wildman–Crippen LogP) is -0.756. The number of aromatic nitrogens is 8. The molecule has 2 aliphatic heterocycles. The van der Waals surface area contributed by atoms with Crippen LogP contribution in [0.5, 0.6) is 0 Å². The molecule has 0 bridgehead atoms. The first-order valence-electron chi connectivity index (χ1n) is 13.3. The monoisotopic (exact) mass is 724 g/mol. The van der Waals surface area contributed by atoms with E-state index in [1.54, 1.807) is 0 Å². The van der Waals surface area contributed by atoms with Crippen LogP contribution in [-0.4, -0.2) is 103 Å². The Morgan fingerprint density at radius 1 is 1.07 bits per heavy atom. The van der Waals surface area contributed by atoms with E-state index in [0.717, 1.165) is 0 Å². The van der Waals surface area contributed by atoms with E-state index in [0.29, 0.717) is 0 Å². The summed E-state index contributed by atoms with van der Waals surface area (Å²) in [5.74, 6) is -0.0592. The minimum absolute atomic E-state index is 0.0157. The third-order valence-corrected chi connectivity index (χ3v) is 9.75. The number of alkyl halides is 1. The molecule has 0 spiro atoms. The number of aromatic amines is 1. The van der Waals surface area contributed by atoms with Crippen molar-refractivity contribution in [2.45, 2.75) is 49.3 Å². The summed E-state index contributed by atoms with van der Waals surface area (Å²) in [4.78, 5) is 65.2. The number of nitrogen functional groups attached to an aromatic ring is 2. The number of H-pyrrole nitrogens is 1. The van der Waals surface area contributed by atoms with Crippen LogP contribution in [0.4, 0.5) is 16.2 Å². The summed E-state index contributed by atoms with van der Waals surface area (Å²) in [7, 11) is 0. The summed E-state index contributed by atoms with van der Waals surface area (Å²) < 4.78 is 46.0. The third kappa shape index (κ3) is 6.56. The molecule has 0 aliphatic carbocycles. The summed E-state index contributed by atoms with van der Waals surface area (Å²) in [5, 5.41) is 10.4.